The molecular formula is C30H42S. The van der Waals surface area contributed by atoms with Gasteiger partial charge in [0.1, 0.15) is 0 Å². The lowest BCUT2D eigenvalue weighted by Gasteiger charge is -2.33. The average molecular weight is 435 g/mol. The molecule has 1 atom stereocenters. The molecule has 0 aliphatic heterocycles. The summed E-state index contributed by atoms with van der Waals surface area (Å²) in [4.78, 5) is 1.36. The summed E-state index contributed by atoms with van der Waals surface area (Å²) >= 11 is 1.92. The second-order valence-electron chi connectivity index (χ2n) is 8.31. The van der Waals surface area contributed by atoms with Gasteiger partial charge in [0.2, 0.25) is 0 Å². The highest BCUT2D eigenvalue weighted by Gasteiger charge is 2.32. The second kappa shape index (κ2) is 12.1. The van der Waals surface area contributed by atoms with Crippen molar-refractivity contribution in [3.8, 4) is 0 Å². The highest BCUT2D eigenvalue weighted by molar-refractivity contribution is 7.19. The number of fused-ring (bicyclic) bond motifs is 1. The van der Waals surface area contributed by atoms with Gasteiger partial charge in [-0.1, -0.05) is 103 Å². The lowest BCUT2D eigenvalue weighted by Crippen LogP contribution is -2.23. The molecule has 0 aliphatic carbocycles. The van der Waals surface area contributed by atoms with E-state index in [9.17, 15) is 0 Å². The number of rotatable bonds is 8. The molecule has 1 unspecified atom stereocenters. The van der Waals surface area contributed by atoms with Gasteiger partial charge in [0.25, 0.3) is 0 Å². The first-order chi connectivity index (χ1) is 14.7. The molecule has 0 amide bonds. The zero-order valence-electron chi connectivity index (χ0n) is 21.2. The van der Waals surface area contributed by atoms with E-state index in [-0.39, 0.29) is 5.41 Å². The van der Waals surface area contributed by atoms with Crippen molar-refractivity contribution in [1.29, 1.82) is 0 Å². The first-order valence-corrected chi connectivity index (χ1v) is 12.4. The summed E-state index contributed by atoms with van der Waals surface area (Å²) in [5, 5.41) is 1.34. The van der Waals surface area contributed by atoms with Gasteiger partial charge in [-0.05, 0) is 60.9 Å². The molecule has 0 saturated carbocycles. The fourth-order valence-electron chi connectivity index (χ4n) is 4.20. The summed E-state index contributed by atoms with van der Waals surface area (Å²) in [7, 11) is 0. The topological polar surface area (TPSA) is 0 Å². The van der Waals surface area contributed by atoms with E-state index < -0.39 is 0 Å². The molecule has 0 radical (unpaired) electrons. The van der Waals surface area contributed by atoms with Gasteiger partial charge in [-0.3, -0.25) is 0 Å². The molecule has 0 fully saturated rings. The minimum absolute atomic E-state index is 0.125. The van der Waals surface area contributed by atoms with Crippen molar-refractivity contribution in [3.05, 3.63) is 88.4 Å². The smallest absolute Gasteiger partial charge is 0.0395 e. The van der Waals surface area contributed by atoms with Gasteiger partial charge in [0, 0.05) is 20.4 Å². The van der Waals surface area contributed by atoms with Gasteiger partial charge in [0.15, 0.2) is 0 Å². The molecule has 0 nitrogen and oxygen atoms in total. The summed E-state index contributed by atoms with van der Waals surface area (Å²) < 4.78 is 1.41. The quantitative estimate of drug-likeness (QED) is 0.362. The Bertz CT molecular complexity index is 989. The fraction of sp³-hybridized carbons (Fsp3) is 0.400. The Labute approximate surface area is 195 Å². The third kappa shape index (κ3) is 5.57. The largest absolute Gasteiger partial charge is 0.140 e. The van der Waals surface area contributed by atoms with E-state index in [1.54, 1.807) is 0 Å². The van der Waals surface area contributed by atoms with Gasteiger partial charge in [-0.2, -0.15) is 0 Å². The van der Waals surface area contributed by atoms with Crippen LogP contribution in [0.15, 0.2) is 66.8 Å². The number of hydrogen-bond acceptors (Lipinski definition) is 1. The van der Waals surface area contributed by atoms with Crippen LogP contribution in [0.25, 0.3) is 16.2 Å². The minimum Gasteiger partial charge on any atom is -0.140 e. The summed E-state index contributed by atoms with van der Waals surface area (Å²) in [5.41, 5.74) is 6.69. The normalized spacial score (nSPS) is 13.8. The summed E-state index contributed by atoms with van der Waals surface area (Å²) in [6.07, 6.45) is 13.6. The lowest BCUT2D eigenvalue weighted by atomic mass is 9.71. The summed E-state index contributed by atoms with van der Waals surface area (Å²) in [6, 6.07) is 4.68. The van der Waals surface area contributed by atoms with Crippen LogP contribution in [0.4, 0.5) is 0 Å². The Kier molecular flexibility index (Phi) is 10.5. The number of aryl methyl sites for hydroxylation is 1. The van der Waals surface area contributed by atoms with Crippen LogP contribution in [-0.2, 0) is 5.41 Å². The minimum atomic E-state index is -0.125. The van der Waals surface area contributed by atoms with Crippen LogP contribution in [0.3, 0.4) is 0 Å². The summed E-state index contributed by atoms with van der Waals surface area (Å²) in [6.45, 7) is 27.7. The number of allylic oxidation sites excluding steroid dienone is 7. The van der Waals surface area contributed by atoms with Crippen molar-refractivity contribution in [2.45, 2.75) is 80.1 Å². The fourth-order valence-corrected chi connectivity index (χ4v) is 5.56. The van der Waals surface area contributed by atoms with Crippen LogP contribution in [0.2, 0.25) is 0 Å². The Morgan fingerprint density at radius 1 is 1.19 bits per heavy atom. The Balaban J connectivity index is 0.00000233. The van der Waals surface area contributed by atoms with Crippen LogP contribution in [0.1, 0.15) is 89.3 Å². The third-order valence-electron chi connectivity index (χ3n) is 6.02. The van der Waals surface area contributed by atoms with Crippen molar-refractivity contribution >= 4 is 27.5 Å². The number of benzene rings is 1. The third-order valence-corrected chi connectivity index (χ3v) is 7.17. The van der Waals surface area contributed by atoms with Gasteiger partial charge in [-0.15, -0.1) is 11.3 Å². The molecule has 0 aliphatic rings. The van der Waals surface area contributed by atoms with Crippen LogP contribution < -0.4 is 0 Å². The number of hydrogen-bond donors (Lipinski definition) is 0. The molecule has 1 heteroatoms. The van der Waals surface area contributed by atoms with Crippen molar-refractivity contribution < 1.29 is 0 Å². The molecule has 1 aromatic heterocycles. The van der Waals surface area contributed by atoms with E-state index in [1.807, 2.05) is 43.4 Å². The molecule has 31 heavy (non-hydrogen) atoms. The SMILES string of the molecule is C=C/C=C\c1c(C)sc2c(C(C)(C)C(/C=C\C)=C(\C)C=C)c(C(C)CC)ccc12.CC. The van der Waals surface area contributed by atoms with Gasteiger partial charge >= 0.3 is 0 Å². The molecule has 168 valence electrons. The van der Waals surface area contributed by atoms with E-state index in [2.05, 4.69) is 92.0 Å². The molecule has 0 N–H and O–H groups in total. The van der Waals surface area contributed by atoms with E-state index in [1.165, 1.54) is 42.8 Å². The monoisotopic (exact) mass is 434 g/mol. The molecule has 0 spiro atoms. The van der Waals surface area contributed by atoms with Crippen LogP contribution in [0.5, 0.6) is 0 Å². The van der Waals surface area contributed by atoms with Gasteiger partial charge < -0.3 is 0 Å². The van der Waals surface area contributed by atoms with E-state index in [0.717, 1.165) is 6.42 Å². The van der Waals surface area contributed by atoms with Crippen molar-refractivity contribution in [1.82, 2.24) is 0 Å². The predicted molar refractivity (Wildman–Crippen MR) is 147 cm³/mol. The maximum absolute atomic E-state index is 4.05. The van der Waals surface area contributed by atoms with Gasteiger partial charge in [-0.25, -0.2) is 0 Å². The highest BCUT2D eigenvalue weighted by atomic mass is 32.1. The van der Waals surface area contributed by atoms with Gasteiger partial charge in [0.05, 0.1) is 0 Å². The van der Waals surface area contributed by atoms with Crippen molar-refractivity contribution in [2.24, 2.45) is 0 Å². The standard InChI is InChI=1S/C28H36S.C2H6/c1-10-14-16-23-21(7)29-27-24(23)18-17-22(19(5)12-3)26(27)28(8,9)25(15-11-2)20(6)13-4;1-2/h10-11,13-19H,1,4,12H2,2-3,5-9H3;1-2H3/b15-11-,16-14-,25-20+;. The lowest BCUT2D eigenvalue weighted by molar-refractivity contribution is 0.614. The first-order valence-electron chi connectivity index (χ1n) is 11.6. The molecule has 1 aromatic carbocycles. The highest BCUT2D eigenvalue weighted by Crippen LogP contribution is 2.46. The van der Waals surface area contributed by atoms with Crippen LogP contribution in [-0.4, -0.2) is 0 Å². The Hall–Kier alpha value is -2.12. The zero-order valence-corrected chi connectivity index (χ0v) is 22.0. The maximum atomic E-state index is 4.05. The molecule has 2 rings (SSSR count). The van der Waals surface area contributed by atoms with E-state index in [4.69, 9.17) is 0 Å². The Morgan fingerprint density at radius 3 is 2.35 bits per heavy atom. The van der Waals surface area contributed by atoms with Crippen molar-refractivity contribution in [2.75, 3.05) is 0 Å². The maximum Gasteiger partial charge on any atom is 0.0395 e. The molecule has 1 heterocycles. The number of thiophene rings is 1. The first kappa shape index (κ1) is 26.9. The second-order valence-corrected chi connectivity index (χ2v) is 9.53. The summed E-state index contributed by atoms with van der Waals surface area (Å²) in [5.74, 6) is 0.513. The van der Waals surface area contributed by atoms with E-state index in [0.29, 0.717) is 5.92 Å². The molecular weight excluding hydrogens is 392 g/mol. The molecule has 0 bridgehead atoms. The molecule has 0 saturated heterocycles. The molecule has 2 aromatic rings. The predicted octanol–water partition coefficient (Wildman–Crippen LogP) is 10.3. The van der Waals surface area contributed by atoms with Crippen LogP contribution in [0, 0.1) is 6.92 Å². The Morgan fingerprint density at radius 2 is 1.84 bits per heavy atom. The zero-order chi connectivity index (χ0) is 23.8. The van der Waals surface area contributed by atoms with Crippen molar-refractivity contribution in [3.63, 3.8) is 0 Å². The van der Waals surface area contributed by atoms with E-state index >= 15 is 0 Å². The van der Waals surface area contributed by atoms with Crippen LogP contribution >= 0.6 is 11.3 Å². The average Bonchev–Trinajstić information content (AvgIpc) is 3.09.